The molecular formula is C39H64O5. The largest absolute Gasteiger partial charge is 0.462 e. The first-order chi connectivity index (χ1) is 21.6. The number of ether oxygens (including phenoxy) is 2. The number of aliphatic hydroxyl groups excluding tert-OH is 1. The molecule has 0 aliphatic carbocycles. The van der Waals surface area contributed by atoms with Gasteiger partial charge in [0.1, 0.15) is 6.61 Å². The van der Waals surface area contributed by atoms with Gasteiger partial charge in [-0.05, 0) is 77.0 Å². The number of rotatable bonds is 30. The average molecular weight is 613 g/mol. The summed E-state index contributed by atoms with van der Waals surface area (Å²) in [7, 11) is 0. The van der Waals surface area contributed by atoms with Gasteiger partial charge in [-0.3, -0.25) is 9.59 Å². The molecule has 0 aromatic heterocycles. The maximum Gasteiger partial charge on any atom is 0.306 e. The molecule has 0 unspecified atom stereocenters. The molecule has 0 aliphatic rings. The van der Waals surface area contributed by atoms with Crippen molar-refractivity contribution in [3.8, 4) is 0 Å². The number of carbonyl (C=O) groups excluding carboxylic acids is 2. The Morgan fingerprint density at radius 3 is 1.36 bits per heavy atom. The van der Waals surface area contributed by atoms with Crippen LogP contribution in [0.5, 0.6) is 0 Å². The second-order valence-corrected chi connectivity index (χ2v) is 11.2. The fraction of sp³-hybridized carbons (Fsp3) is 0.641. The molecule has 0 rings (SSSR count). The second kappa shape index (κ2) is 34.8. The van der Waals surface area contributed by atoms with Crippen molar-refractivity contribution in [3.05, 3.63) is 72.9 Å². The fourth-order valence-corrected chi connectivity index (χ4v) is 4.40. The van der Waals surface area contributed by atoms with Gasteiger partial charge in [-0.15, -0.1) is 0 Å². The Labute approximate surface area is 270 Å². The van der Waals surface area contributed by atoms with Crippen LogP contribution in [0.2, 0.25) is 0 Å². The summed E-state index contributed by atoms with van der Waals surface area (Å²) in [5.41, 5.74) is 0. The first-order valence-corrected chi connectivity index (χ1v) is 17.5. The van der Waals surface area contributed by atoms with Crippen LogP contribution in [0.15, 0.2) is 72.9 Å². The minimum atomic E-state index is -0.790. The van der Waals surface area contributed by atoms with Gasteiger partial charge in [-0.1, -0.05) is 125 Å². The minimum Gasteiger partial charge on any atom is -0.462 e. The monoisotopic (exact) mass is 612 g/mol. The number of allylic oxidation sites excluding steroid dienone is 12. The average Bonchev–Trinajstić information content (AvgIpc) is 3.02. The Morgan fingerprint density at radius 1 is 0.523 bits per heavy atom. The molecule has 44 heavy (non-hydrogen) atoms. The van der Waals surface area contributed by atoms with Crippen LogP contribution in [-0.4, -0.2) is 36.4 Å². The molecule has 0 saturated heterocycles. The van der Waals surface area contributed by atoms with Crippen molar-refractivity contribution < 1.29 is 24.2 Å². The molecule has 0 aliphatic heterocycles. The SMILES string of the molecule is CCC=CCC=CCC=CCCCCCCCC(=O)OC[C@H](CO)OC(=O)CCCCCCCC=CCC=CCC=CCC. The zero-order valence-corrected chi connectivity index (χ0v) is 28.1. The van der Waals surface area contributed by atoms with Gasteiger partial charge in [-0.2, -0.15) is 0 Å². The smallest absolute Gasteiger partial charge is 0.306 e. The van der Waals surface area contributed by atoms with Gasteiger partial charge < -0.3 is 14.6 Å². The summed E-state index contributed by atoms with van der Waals surface area (Å²) < 4.78 is 10.5. The van der Waals surface area contributed by atoms with Crippen LogP contribution in [0.25, 0.3) is 0 Å². The highest BCUT2D eigenvalue weighted by molar-refractivity contribution is 5.70. The number of esters is 2. The highest BCUT2D eigenvalue weighted by Gasteiger charge is 2.16. The quantitative estimate of drug-likeness (QED) is 0.0496. The van der Waals surface area contributed by atoms with E-state index in [2.05, 4.69) is 86.8 Å². The molecule has 0 aromatic carbocycles. The zero-order chi connectivity index (χ0) is 32.2. The van der Waals surface area contributed by atoms with E-state index in [-0.39, 0.29) is 25.2 Å². The highest BCUT2D eigenvalue weighted by Crippen LogP contribution is 2.11. The molecule has 1 atom stereocenters. The standard InChI is InChI=1S/C39H64O5/c1-3-5-7-9-11-13-15-17-19-21-23-25-27-29-31-33-38(41)43-36-37(35-40)44-39(42)34-32-30-28-26-24-22-20-18-16-14-12-10-8-6-4-2/h5-8,11-14,17-20,37,40H,3-4,9-10,15-16,21-36H2,1-2H3/t37-/m0/s1. The second-order valence-electron chi connectivity index (χ2n) is 11.2. The number of carbonyl (C=O) groups is 2. The summed E-state index contributed by atoms with van der Waals surface area (Å²) in [5.74, 6) is -0.640. The van der Waals surface area contributed by atoms with E-state index in [0.29, 0.717) is 12.8 Å². The maximum absolute atomic E-state index is 12.1. The third-order valence-corrected chi connectivity index (χ3v) is 7.00. The van der Waals surface area contributed by atoms with Crippen LogP contribution >= 0.6 is 0 Å². The summed E-state index contributed by atoms with van der Waals surface area (Å²) in [6.45, 7) is 3.86. The van der Waals surface area contributed by atoms with E-state index in [4.69, 9.17) is 9.47 Å². The predicted octanol–water partition coefficient (Wildman–Crippen LogP) is 10.6. The van der Waals surface area contributed by atoms with E-state index in [9.17, 15) is 14.7 Å². The third-order valence-electron chi connectivity index (χ3n) is 7.00. The lowest BCUT2D eigenvalue weighted by Gasteiger charge is -2.15. The van der Waals surface area contributed by atoms with Crippen LogP contribution in [0, 0.1) is 0 Å². The summed E-state index contributed by atoms with van der Waals surface area (Å²) in [6, 6.07) is 0. The summed E-state index contributed by atoms with van der Waals surface area (Å²) in [4.78, 5) is 24.2. The van der Waals surface area contributed by atoms with Crippen molar-refractivity contribution in [2.24, 2.45) is 0 Å². The number of aliphatic hydroxyl groups is 1. The van der Waals surface area contributed by atoms with Gasteiger partial charge in [0.15, 0.2) is 6.10 Å². The molecule has 0 amide bonds. The van der Waals surface area contributed by atoms with Crippen LogP contribution in [0.1, 0.15) is 142 Å². The van der Waals surface area contributed by atoms with Crippen LogP contribution in [-0.2, 0) is 19.1 Å². The van der Waals surface area contributed by atoms with E-state index in [1.54, 1.807) is 0 Å². The van der Waals surface area contributed by atoms with Gasteiger partial charge in [0.25, 0.3) is 0 Å². The number of unbranched alkanes of at least 4 members (excludes halogenated alkanes) is 10. The molecule has 0 heterocycles. The van der Waals surface area contributed by atoms with Crippen molar-refractivity contribution in [1.29, 1.82) is 0 Å². The summed E-state index contributed by atoms with van der Waals surface area (Å²) in [6.07, 6.45) is 45.2. The Kier molecular flexibility index (Phi) is 32.7. The molecule has 0 bridgehead atoms. The highest BCUT2D eigenvalue weighted by atomic mass is 16.6. The fourth-order valence-electron chi connectivity index (χ4n) is 4.40. The zero-order valence-electron chi connectivity index (χ0n) is 28.1. The predicted molar refractivity (Wildman–Crippen MR) is 186 cm³/mol. The molecule has 0 aromatic rings. The van der Waals surface area contributed by atoms with Crippen molar-refractivity contribution in [3.63, 3.8) is 0 Å². The van der Waals surface area contributed by atoms with Crippen LogP contribution in [0.4, 0.5) is 0 Å². The minimum absolute atomic E-state index is 0.0861. The number of hydrogen-bond donors (Lipinski definition) is 1. The van der Waals surface area contributed by atoms with Gasteiger partial charge in [0.2, 0.25) is 0 Å². The normalized spacial score (nSPS) is 13.1. The maximum atomic E-state index is 12.1. The molecule has 0 fully saturated rings. The first kappa shape index (κ1) is 41.3. The topological polar surface area (TPSA) is 72.8 Å². The molecule has 0 spiro atoms. The van der Waals surface area contributed by atoms with Crippen molar-refractivity contribution in [2.45, 2.75) is 148 Å². The Hall–Kier alpha value is -2.66. The van der Waals surface area contributed by atoms with Crippen molar-refractivity contribution in [1.82, 2.24) is 0 Å². The Morgan fingerprint density at radius 2 is 0.909 bits per heavy atom. The van der Waals surface area contributed by atoms with E-state index < -0.39 is 6.10 Å². The Balaban J connectivity index is 3.67. The molecule has 5 nitrogen and oxygen atoms in total. The lowest BCUT2D eigenvalue weighted by atomic mass is 10.1. The van der Waals surface area contributed by atoms with E-state index in [1.807, 2.05) is 0 Å². The lowest BCUT2D eigenvalue weighted by Crippen LogP contribution is -2.28. The first-order valence-electron chi connectivity index (χ1n) is 17.5. The molecule has 0 saturated carbocycles. The van der Waals surface area contributed by atoms with E-state index in [1.165, 1.54) is 6.42 Å². The van der Waals surface area contributed by atoms with Crippen molar-refractivity contribution >= 4 is 11.9 Å². The summed E-state index contributed by atoms with van der Waals surface area (Å²) in [5, 5.41) is 9.52. The van der Waals surface area contributed by atoms with E-state index >= 15 is 0 Å². The van der Waals surface area contributed by atoms with E-state index in [0.717, 1.165) is 109 Å². The molecule has 250 valence electrons. The van der Waals surface area contributed by atoms with Gasteiger partial charge in [0, 0.05) is 12.8 Å². The lowest BCUT2D eigenvalue weighted by molar-refractivity contribution is -0.161. The molecule has 1 N–H and O–H groups in total. The molecule has 0 radical (unpaired) electrons. The van der Waals surface area contributed by atoms with Gasteiger partial charge in [0.05, 0.1) is 6.61 Å². The van der Waals surface area contributed by atoms with Crippen LogP contribution in [0.3, 0.4) is 0 Å². The molecular weight excluding hydrogens is 548 g/mol. The van der Waals surface area contributed by atoms with Gasteiger partial charge >= 0.3 is 11.9 Å². The van der Waals surface area contributed by atoms with Gasteiger partial charge in [-0.25, -0.2) is 0 Å². The number of hydrogen-bond acceptors (Lipinski definition) is 5. The Bertz CT molecular complexity index is 833. The van der Waals surface area contributed by atoms with Crippen LogP contribution < -0.4 is 0 Å². The third kappa shape index (κ3) is 32.3. The van der Waals surface area contributed by atoms with Crippen molar-refractivity contribution in [2.75, 3.05) is 13.2 Å². The summed E-state index contributed by atoms with van der Waals surface area (Å²) >= 11 is 0. The molecule has 5 heteroatoms.